The minimum Gasteiger partial charge on any atom is -0.467 e. The molecule has 1 atom stereocenters. The van der Waals surface area contributed by atoms with Crippen LogP contribution in [0.4, 0.5) is 4.79 Å². The number of carbonyl (C=O) groups is 2. The van der Waals surface area contributed by atoms with E-state index in [9.17, 15) is 9.59 Å². The van der Waals surface area contributed by atoms with Gasteiger partial charge in [0.05, 0.1) is 18.9 Å². The van der Waals surface area contributed by atoms with E-state index >= 15 is 0 Å². The first-order chi connectivity index (χ1) is 12.6. The van der Waals surface area contributed by atoms with Crippen molar-refractivity contribution in [2.24, 2.45) is 0 Å². The van der Waals surface area contributed by atoms with Crippen LogP contribution >= 0.6 is 0 Å². The highest BCUT2D eigenvalue weighted by Gasteiger charge is 2.26. The predicted octanol–water partition coefficient (Wildman–Crippen LogP) is 2.62. The molecule has 3 amide bonds. The summed E-state index contributed by atoms with van der Waals surface area (Å²) >= 11 is 0. The minimum atomic E-state index is -0.190. The molecule has 1 aliphatic heterocycles. The molecule has 146 valence electrons. The van der Waals surface area contributed by atoms with Gasteiger partial charge in [-0.25, -0.2) is 4.79 Å². The second-order valence-electron chi connectivity index (χ2n) is 6.60. The molecule has 7 nitrogen and oxygen atoms in total. The molecule has 1 unspecified atom stereocenters. The lowest BCUT2D eigenvalue weighted by molar-refractivity contribution is -0.134. The molecule has 7 heteroatoms. The van der Waals surface area contributed by atoms with Gasteiger partial charge in [0.2, 0.25) is 5.91 Å². The number of furan rings is 1. The molecule has 1 fully saturated rings. The number of hydrogen-bond acceptors (Lipinski definition) is 4. The van der Waals surface area contributed by atoms with Crippen molar-refractivity contribution in [3.8, 4) is 0 Å². The van der Waals surface area contributed by atoms with E-state index in [1.807, 2.05) is 19.1 Å². The number of hydrogen-bond donors (Lipinski definition) is 1. The van der Waals surface area contributed by atoms with Gasteiger partial charge in [0.1, 0.15) is 12.3 Å². The summed E-state index contributed by atoms with van der Waals surface area (Å²) in [5.41, 5.74) is 0. The van der Waals surface area contributed by atoms with Crippen LogP contribution in [0.5, 0.6) is 0 Å². The molecule has 1 N–H and O–H groups in total. The van der Waals surface area contributed by atoms with Crippen LogP contribution in [0, 0.1) is 0 Å². The number of unbranched alkanes of at least 4 members (excludes halogenated alkanes) is 1. The van der Waals surface area contributed by atoms with Crippen LogP contribution in [0.3, 0.4) is 0 Å². The number of carbonyl (C=O) groups excluding carboxylic acids is 2. The molecule has 0 bridgehead atoms. The topological polar surface area (TPSA) is 75.0 Å². The van der Waals surface area contributed by atoms with Crippen LogP contribution < -0.4 is 5.32 Å². The fourth-order valence-corrected chi connectivity index (χ4v) is 3.01. The highest BCUT2D eigenvalue weighted by molar-refractivity contribution is 5.84. The summed E-state index contributed by atoms with van der Waals surface area (Å²) < 4.78 is 11.1. The lowest BCUT2D eigenvalue weighted by Gasteiger charge is -2.28. The van der Waals surface area contributed by atoms with Gasteiger partial charge in [-0.3, -0.25) is 4.79 Å². The molecular weight excluding hydrogens is 334 g/mol. The average molecular weight is 365 g/mol. The molecule has 1 aromatic heterocycles. The predicted molar refractivity (Wildman–Crippen MR) is 98.7 cm³/mol. The lowest BCUT2D eigenvalue weighted by atomic mass is 10.2. The van der Waals surface area contributed by atoms with Crippen molar-refractivity contribution in [1.29, 1.82) is 0 Å². The Bertz CT molecular complexity index is 541. The zero-order valence-electron chi connectivity index (χ0n) is 15.9. The van der Waals surface area contributed by atoms with Crippen molar-refractivity contribution < 1.29 is 18.7 Å². The second kappa shape index (κ2) is 10.9. The lowest BCUT2D eigenvalue weighted by Crippen LogP contribution is -2.48. The molecule has 1 aromatic rings. The molecule has 2 heterocycles. The number of ether oxygens (including phenoxy) is 1. The molecular formula is C19H31N3O4. The first-order valence-electron chi connectivity index (χ1n) is 9.58. The largest absolute Gasteiger partial charge is 0.467 e. The van der Waals surface area contributed by atoms with Gasteiger partial charge in [0.15, 0.2) is 0 Å². The smallest absolute Gasteiger partial charge is 0.317 e. The molecule has 2 rings (SSSR count). The van der Waals surface area contributed by atoms with Crippen molar-refractivity contribution in [2.75, 3.05) is 32.8 Å². The highest BCUT2D eigenvalue weighted by atomic mass is 16.5. The number of urea groups is 1. The standard InChI is InChI=1S/C19H31N3O4/c1-3-5-10-21(19(24)20-4-2)15-18(23)22(13-16-8-6-11-25-16)14-17-9-7-12-26-17/h6,8,11,17H,3-5,7,9-10,12-15H2,1-2H3,(H,20,24). The van der Waals surface area contributed by atoms with Crippen LogP contribution in [0.2, 0.25) is 0 Å². The number of nitrogens with zero attached hydrogens (tertiary/aromatic N) is 2. The van der Waals surface area contributed by atoms with Crippen LogP contribution in [-0.4, -0.2) is 60.6 Å². The minimum absolute atomic E-state index is 0.0578. The molecule has 0 aromatic carbocycles. The van der Waals surface area contributed by atoms with Gasteiger partial charge >= 0.3 is 6.03 Å². The summed E-state index contributed by atoms with van der Waals surface area (Å²) in [5.74, 6) is 0.647. The van der Waals surface area contributed by atoms with E-state index in [1.165, 1.54) is 0 Å². The fraction of sp³-hybridized carbons (Fsp3) is 0.684. The van der Waals surface area contributed by atoms with Gasteiger partial charge in [0.25, 0.3) is 0 Å². The van der Waals surface area contributed by atoms with E-state index in [0.29, 0.717) is 26.2 Å². The van der Waals surface area contributed by atoms with E-state index in [-0.39, 0.29) is 24.6 Å². The molecule has 0 spiro atoms. The van der Waals surface area contributed by atoms with Crippen LogP contribution in [-0.2, 0) is 16.1 Å². The fourth-order valence-electron chi connectivity index (χ4n) is 3.01. The summed E-state index contributed by atoms with van der Waals surface area (Å²) in [4.78, 5) is 28.6. The quantitative estimate of drug-likeness (QED) is 0.692. The number of nitrogens with one attached hydrogen (secondary N) is 1. The first kappa shape index (κ1) is 20.3. The maximum absolute atomic E-state index is 12.9. The zero-order chi connectivity index (χ0) is 18.8. The van der Waals surface area contributed by atoms with E-state index in [1.54, 1.807) is 16.1 Å². The van der Waals surface area contributed by atoms with Gasteiger partial charge in [0, 0.05) is 26.2 Å². The summed E-state index contributed by atoms with van der Waals surface area (Å²) in [6, 6.07) is 3.48. The Kier molecular flexibility index (Phi) is 8.47. The monoisotopic (exact) mass is 365 g/mol. The molecule has 0 saturated carbocycles. The summed E-state index contributed by atoms with van der Waals surface area (Å²) in [7, 11) is 0. The van der Waals surface area contributed by atoms with Crippen LogP contribution in [0.15, 0.2) is 22.8 Å². The van der Waals surface area contributed by atoms with Gasteiger partial charge in [-0.2, -0.15) is 0 Å². The van der Waals surface area contributed by atoms with Gasteiger partial charge < -0.3 is 24.3 Å². The third kappa shape index (κ3) is 6.37. The van der Waals surface area contributed by atoms with E-state index < -0.39 is 0 Å². The maximum atomic E-state index is 12.9. The Morgan fingerprint density at radius 1 is 1.31 bits per heavy atom. The Balaban J connectivity index is 2.02. The van der Waals surface area contributed by atoms with Crippen LogP contribution in [0.1, 0.15) is 45.3 Å². The second-order valence-corrected chi connectivity index (χ2v) is 6.60. The van der Waals surface area contributed by atoms with Gasteiger partial charge in [-0.05, 0) is 38.3 Å². The average Bonchev–Trinajstić information content (AvgIpc) is 3.32. The molecule has 26 heavy (non-hydrogen) atoms. The molecule has 1 saturated heterocycles. The van der Waals surface area contributed by atoms with Crippen molar-refractivity contribution in [2.45, 2.75) is 52.2 Å². The SMILES string of the molecule is CCCCN(CC(=O)N(Cc1ccco1)CC1CCCO1)C(=O)NCC. The summed E-state index contributed by atoms with van der Waals surface area (Å²) in [6.45, 7) is 6.79. The van der Waals surface area contributed by atoms with Gasteiger partial charge in [-0.1, -0.05) is 13.3 Å². The Morgan fingerprint density at radius 3 is 2.77 bits per heavy atom. The molecule has 0 aliphatic carbocycles. The maximum Gasteiger partial charge on any atom is 0.317 e. The summed E-state index contributed by atoms with van der Waals surface area (Å²) in [6.07, 6.45) is 5.48. The number of rotatable bonds is 10. The Hall–Kier alpha value is -2.02. The first-order valence-corrected chi connectivity index (χ1v) is 9.58. The molecule has 1 aliphatic rings. The van der Waals surface area contributed by atoms with E-state index in [2.05, 4.69) is 12.2 Å². The van der Waals surface area contributed by atoms with Crippen molar-refractivity contribution in [3.05, 3.63) is 24.2 Å². The van der Waals surface area contributed by atoms with Crippen LogP contribution in [0.25, 0.3) is 0 Å². The van der Waals surface area contributed by atoms with E-state index in [4.69, 9.17) is 9.15 Å². The summed E-state index contributed by atoms with van der Waals surface area (Å²) in [5, 5.41) is 2.79. The third-order valence-electron chi connectivity index (χ3n) is 4.45. The van der Waals surface area contributed by atoms with E-state index in [0.717, 1.165) is 38.1 Å². The zero-order valence-corrected chi connectivity index (χ0v) is 15.9. The van der Waals surface area contributed by atoms with Crippen molar-refractivity contribution >= 4 is 11.9 Å². The van der Waals surface area contributed by atoms with Crippen molar-refractivity contribution in [3.63, 3.8) is 0 Å². The van der Waals surface area contributed by atoms with Gasteiger partial charge in [-0.15, -0.1) is 0 Å². The Labute approximate surface area is 155 Å². The normalized spacial score (nSPS) is 16.5. The Morgan fingerprint density at radius 2 is 2.15 bits per heavy atom. The molecule has 0 radical (unpaired) electrons. The van der Waals surface area contributed by atoms with Crippen molar-refractivity contribution in [1.82, 2.24) is 15.1 Å². The highest BCUT2D eigenvalue weighted by Crippen LogP contribution is 2.16. The third-order valence-corrected chi connectivity index (χ3v) is 4.45. The number of amides is 3.